The molecule has 0 spiro atoms. The number of fused-ring (bicyclic) bond motifs is 1. The van der Waals surface area contributed by atoms with Crippen LogP contribution in [0.1, 0.15) is 24.9 Å². The normalized spacial score (nSPS) is 12.7. The first-order valence-corrected chi connectivity index (χ1v) is 10.6. The summed E-state index contributed by atoms with van der Waals surface area (Å²) in [5.74, 6) is 0.911. The molecule has 0 saturated heterocycles. The number of benzene rings is 2. The van der Waals surface area contributed by atoms with Gasteiger partial charge in [-0.3, -0.25) is 4.90 Å². The maximum Gasteiger partial charge on any atom is 0.199 e. The lowest BCUT2D eigenvalue weighted by Gasteiger charge is -2.22. The molecule has 4 aromatic rings. The first-order valence-electron chi connectivity index (χ1n) is 9.37. The predicted octanol–water partition coefficient (Wildman–Crippen LogP) is 5.36. The van der Waals surface area contributed by atoms with Crippen molar-refractivity contribution >= 4 is 33.8 Å². The first kappa shape index (κ1) is 19.0. The number of para-hydroxylation sites is 1. The van der Waals surface area contributed by atoms with Crippen LogP contribution in [0.2, 0.25) is 0 Å². The molecule has 0 bridgehead atoms. The zero-order valence-corrected chi connectivity index (χ0v) is 17.9. The summed E-state index contributed by atoms with van der Waals surface area (Å²) in [4.78, 5) is 7.03. The van der Waals surface area contributed by atoms with Crippen LogP contribution in [0.3, 0.4) is 0 Å². The molecule has 0 amide bonds. The van der Waals surface area contributed by atoms with Gasteiger partial charge in [0.1, 0.15) is 5.01 Å². The SMILES string of the molecule is CCn1c(-c2ccccc2)nn(CN(C)[C@@H](C)c2nc3ccccc3s2)c1=S. The minimum absolute atomic E-state index is 0.172. The van der Waals surface area contributed by atoms with Gasteiger partial charge in [0.15, 0.2) is 10.6 Å². The van der Waals surface area contributed by atoms with Gasteiger partial charge < -0.3 is 4.57 Å². The highest BCUT2D eigenvalue weighted by atomic mass is 32.1. The quantitative estimate of drug-likeness (QED) is 0.402. The fourth-order valence-electron chi connectivity index (χ4n) is 3.21. The topological polar surface area (TPSA) is 38.9 Å². The number of hydrogen-bond donors (Lipinski definition) is 0. The van der Waals surface area contributed by atoms with Gasteiger partial charge in [-0.05, 0) is 45.2 Å². The Labute approximate surface area is 173 Å². The highest BCUT2D eigenvalue weighted by molar-refractivity contribution is 7.71. The Morgan fingerprint density at radius 3 is 2.54 bits per heavy atom. The fraction of sp³-hybridized carbons (Fsp3) is 0.286. The van der Waals surface area contributed by atoms with Crippen molar-refractivity contribution in [2.75, 3.05) is 7.05 Å². The van der Waals surface area contributed by atoms with Crippen LogP contribution in [0.4, 0.5) is 0 Å². The van der Waals surface area contributed by atoms with E-state index in [2.05, 4.69) is 60.7 Å². The van der Waals surface area contributed by atoms with E-state index in [1.807, 2.05) is 28.9 Å². The Hall–Kier alpha value is -2.35. The standard InChI is InChI=1S/C21H23N5S2/c1-4-25-19(16-10-6-5-7-11-16)23-26(21(25)27)14-24(3)15(2)20-22-17-12-8-9-13-18(17)28-20/h5-13,15H,4,14H2,1-3H3/t15-/m0/s1. The molecule has 0 unspecified atom stereocenters. The van der Waals surface area contributed by atoms with Crippen molar-refractivity contribution in [3.63, 3.8) is 0 Å². The lowest BCUT2D eigenvalue weighted by molar-refractivity contribution is 0.194. The first-order chi connectivity index (χ1) is 13.6. The molecule has 0 radical (unpaired) electrons. The highest BCUT2D eigenvalue weighted by Gasteiger charge is 2.19. The number of thiazole rings is 1. The van der Waals surface area contributed by atoms with Crippen molar-refractivity contribution in [2.24, 2.45) is 0 Å². The van der Waals surface area contributed by atoms with Gasteiger partial charge in [-0.2, -0.15) is 5.10 Å². The van der Waals surface area contributed by atoms with E-state index < -0.39 is 0 Å². The number of hydrogen-bond acceptors (Lipinski definition) is 5. The Balaban J connectivity index is 1.61. The van der Waals surface area contributed by atoms with Crippen LogP contribution in [-0.4, -0.2) is 31.3 Å². The largest absolute Gasteiger partial charge is 0.300 e. The molecule has 1 atom stereocenters. The zero-order chi connectivity index (χ0) is 19.7. The molecular weight excluding hydrogens is 386 g/mol. The molecule has 28 heavy (non-hydrogen) atoms. The predicted molar refractivity (Wildman–Crippen MR) is 118 cm³/mol. The van der Waals surface area contributed by atoms with Crippen molar-refractivity contribution in [3.05, 3.63) is 64.4 Å². The fourth-order valence-corrected chi connectivity index (χ4v) is 4.61. The number of aromatic nitrogens is 4. The molecule has 7 heteroatoms. The Kier molecular flexibility index (Phi) is 5.39. The van der Waals surface area contributed by atoms with E-state index in [9.17, 15) is 0 Å². The van der Waals surface area contributed by atoms with Crippen molar-refractivity contribution in [2.45, 2.75) is 33.1 Å². The summed E-state index contributed by atoms with van der Waals surface area (Å²) in [5.41, 5.74) is 2.14. The third-order valence-corrected chi connectivity index (χ3v) is 6.59. The summed E-state index contributed by atoms with van der Waals surface area (Å²) in [6.07, 6.45) is 0. The second-order valence-electron chi connectivity index (χ2n) is 6.81. The van der Waals surface area contributed by atoms with Crippen LogP contribution in [0.15, 0.2) is 54.6 Å². The van der Waals surface area contributed by atoms with E-state index >= 15 is 0 Å². The van der Waals surface area contributed by atoms with Gasteiger partial charge in [0, 0.05) is 12.1 Å². The lowest BCUT2D eigenvalue weighted by Crippen LogP contribution is -2.26. The molecule has 144 valence electrons. The molecule has 0 aliphatic carbocycles. The second kappa shape index (κ2) is 7.95. The highest BCUT2D eigenvalue weighted by Crippen LogP contribution is 2.29. The minimum atomic E-state index is 0.172. The minimum Gasteiger partial charge on any atom is -0.300 e. The third-order valence-electron chi connectivity index (χ3n) is 4.96. The molecule has 5 nitrogen and oxygen atoms in total. The maximum atomic E-state index is 5.71. The second-order valence-corrected chi connectivity index (χ2v) is 8.24. The van der Waals surface area contributed by atoms with Crippen molar-refractivity contribution in [1.82, 2.24) is 24.2 Å². The van der Waals surface area contributed by atoms with Gasteiger partial charge in [0.2, 0.25) is 0 Å². The lowest BCUT2D eigenvalue weighted by atomic mass is 10.2. The van der Waals surface area contributed by atoms with Crippen LogP contribution < -0.4 is 0 Å². The van der Waals surface area contributed by atoms with Crippen LogP contribution >= 0.6 is 23.6 Å². The van der Waals surface area contributed by atoms with Crippen molar-refractivity contribution < 1.29 is 0 Å². The molecule has 0 aliphatic rings. The van der Waals surface area contributed by atoms with E-state index in [1.54, 1.807) is 11.3 Å². The summed E-state index contributed by atoms with van der Waals surface area (Å²) in [6, 6.07) is 18.6. The number of nitrogens with zero attached hydrogens (tertiary/aromatic N) is 5. The molecule has 2 aromatic carbocycles. The summed E-state index contributed by atoms with van der Waals surface area (Å²) in [7, 11) is 2.09. The molecule has 0 aliphatic heterocycles. The van der Waals surface area contributed by atoms with Crippen LogP contribution in [0, 0.1) is 4.77 Å². The van der Waals surface area contributed by atoms with Gasteiger partial charge in [-0.1, -0.05) is 42.5 Å². The average Bonchev–Trinajstić information content (AvgIpc) is 3.29. The molecule has 0 saturated carbocycles. The average molecular weight is 410 g/mol. The smallest absolute Gasteiger partial charge is 0.199 e. The molecule has 0 fully saturated rings. The monoisotopic (exact) mass is 409 g/mol. The summed E-state index contributed by atoms with van der Waals surface area (Å²) >= 11 is 7.45. The summed E-state index contributed by atoms with van der Waals surface area (Å²) in [5, 5.41) is 5.93. The third kappa shape index (κ3) is 3.53. The molecule has 0 N–H and O–H groups in total. The van der Waals surface area contributed by atoms with Gasteiger partial charge in [-0.25, -0.2) is 9.67 Å². The molecule has 4 rings (SSSR count). The summed E-state index contributed by atoms with van der Waals surface area (Å²) < 4.78 is 5.95. The van der Waals surface area contributed by atoms with Crippen molar-refractivity contribution in [3.8, 4) is 11.4 Å². The molecule has 2 heterocycles. The van der Waals surface area contributed by atoms with Crippen LogP contribution in [-0.2, 0) is 13.2 Å². The molecular formula is C21H23N5S2. The van der Waals surface area contributed by atoms with Crippen molar-refractivity contribution in [1.29, 1.82) is 0 Å². The van der Waals surface area contributed by atoms with E-state index in [0.29, 0.717) is 6.67 Å². The maximum absolute atomic E-state index is 5.71. The Morgan fingerprint density at radius 2 is 1.82 bits per heavy atom. The van der Waals surface area contributed by atoms with Gasteiger partial charge >= 0.3 is 0 Å². The number of rotatable bonds is 6. The van der Waals surface area contributed by atoms with Gasteiger partial charge in [0.25, 0.3) is 0 Å². The van der Waals surface area contributed by atoms with E-state index in [1.165, 1.54) is 4.70 Å². The Morgan fingerprint density at radius 1 is 1.11 bits per heavy atom. The Bertz CT molecular complexity index is 1110. The van der Waals surface area contributed by atoms with E-state index in [0.717, 1.165) is 33.2 Å². The van der Waals surface area contributed by atoms with E-state index in [4.69, 9.17) is 22.3 Å². The zero-order valence-electron chi connectivity index (χ0n) is 16.2. The van der Waals surface area contributed by atoms with Gasteiger partial charge in [-0.15, -0.1) is 11.3 Å². The van der Waals surface area contributed by atoms with Crippen LogP contribution in [0.25, 0.3) is 21.6 Å². The van der Waals surface area contributed by atoms with Gasteiger partial charge in [0.05, 0.1) is 22.9 Å². The molecule has 2 aromatic heterocycles. The summed E-state index contributed by atoms with van der Waals surface area (Å²) in [6.45, 7) is 5.68. The van der Waals surface area contributed by atoms with Crippen LogP contribution in [0.5, 0.6) is 0 Å². The van der Waals surface area contributed by atoms with E-state index in [-0.39, 0.29) is 6.04 Å².